The van der Waals surface area contributed by atoms with E-state index in [2.05, 4.69) is 10.6 Å². The molecule has 6 nitrogen and oxygen atoms in total. The normalized spacial score (nSPS) is 10.9. The SMILES string of the molecule is COc1cccc(CNC(=O)CNc2cccc(S(C)(=O)=O)c2)c1. The van der Waals surface area contributed by atoms with E-state index in [1.807, 2.05) is 24.3 Å². The van der Waals surface area contributed by atoms with Crippen molar-refractivity contribution in [2.24, 2.45) is 0 Å². The standard InChI is InChI=1S/C17H20N2O4S/c1-23-15-7-3-5-13(9-15)11-19-17(20)12-18-14-6-4-8-16(10-14)24(2,21)22/h3-10,18H,11-12H2,1-2H3,(H,19,20). The quantitative estimate of drug-likeness (QED) is 0.797. The summed E-state index contributed by atoms with van der Waals surface area (Å²) < 4.78 is 28.2. The average Bonchev–Trinajstić information content (AvgIpc) is 2.58. The van der Waals surface area contributed by atoms with Crippen molar-refractivity contribution in [1.29, 1.82) is 0 Å². The van der Waals surface area contributed by atoms with Gasteiger partial charge < -0.3 is 15.4 Å². The van der Waals surface area contributed by atoms with Crippen LogP contribution in [0.1, 0.15) is 5.56 Å². The van der Waals surface area contributed by atoms with Crippen molar-refractivity contribution < 1.29 is 17.9 Å². The molecule has 0 fully saturated rings. The monoisotopic (exact) mass is 348 g/mol. The summed E-state index contributed by atoms with van der Waals surface area (Å²) in [7, 11) is -1.68. The van der Waals surface area contributed by atoms with Crippen LogP contribution in [0.3, 0.4) is 0 Å². The second-order valence-electron chi connectivity index (χ2n) is 5.28. The first-order valence-electron chi connectivity index (χ1n) is 7.32. The zero-order chi connectivity index (χ0) is 17.6. The molecule has 7 heteroatoms. The van der Waals surface area contributed by atoms with Gasteiger partial charge in [0.15, 0.2) is 9.84 Å². The number of hydrogen-bond donors (Lipinski definition) is 2. The van der Waals surface area contributed by atoms with Crippen LogP contribution in [-0.2, 0) is 21.2 Å². The molecule has 0 heterocycles. The Bertz CT molecular complexity index is 819. The minimum absolute atomic E-state index is 0.0528. The number of carbonyl (C=O) groups is 1. The van der Waals surface area contributed by atoms with Crippen LogP contribution < -0.4 is 15.4 Å². The number of methoxy groups -OCH3 is 1. The minimum Gasteiger partial charge on any atom is -0.497 e. The summed E-state index contributed by atoms with van der Waals surface area (Å²) in [5.41, 5.74) is 1.51. The second-order valence-corrected chi connectivity index (χ2v) is 7.30. The zero-order valence-corrected chi connectivity index (χ0v) is 14.4. The summed E-state index contributed by atoms with van der Waals surface area (Å²) in [6, 6.07) is 13.8. The number of anilines is 1. The molecule has 0 saturated heterocycles. The predicted molar refractivity (Wildman–Crippen MR) is 92.9 cm³/mol. The largest absolute Gasteiger partial charge is 0.497 e. The van der Waals surface area contributed by atoms with E-state index < -0.39 is 9.84 Å². The van der Waals surface area contributed by atoms with Crippen LogP contribution in [0.4, 0.5) is 5.69 Å². The van der Waals surface area contributed by atoms with Crippen molar-refractivity contribution in [3.8, 4) is 5.75 Å². The van der Waals surface area contributed by atoms with Gasteiger partial charge in [-0.15, -0.1) is 0 Å². The lowest BCUT2D eigenvalue weighted by Gasteiger charge is -2.09. The van der Waals surface area contributed by atoms with E-state index in [1.165, 1.54) is 12.1 Å². The highest BCUT2D eigenvalue weighted by Crippen LogP contribution is 2.15. The van der Waals surface area contributed by atoms with Gasteiger partial charge in [-0.25, -0.2) is 8.42 Å². The van der Waals surface area contributed by atoms with Gasteiger partial charge in [0.25, 0.3) is 0 Å². The first-order valence-corrected chi connectivity index (χ1v) is 9.21. The fourth-order valence-electron chi connectivity index (χ4n) is 2.06. The minimum atomic E-state index is -3.27. The average molecular weight is 348 g/mol. The summed E-state index contributed by atoms with van der Waals surface area (Å²) in [6.07, 6.45) is 1.15. The van der Waals surface area contributed by atoms with E-state index >= 15 is 0 Å². The molecule has 0 unspecified atom stereocenters. The molecule has 0 saturated carbocycles. The first-order chi connectivity index (χ1) is 11.4. The Morgan fingerprint density at radius 3 is 2.58 bits per heavy atom. The maximum atomic E-state index is 11.9. The molecule has 128 valence electrons. The van der Waals surface area contributed by atoms with Gasteiger partial charge in [-0.1, -0.05) is 18.2 Å². The fourth-order valence-corrected chi connectivity index (χ4v) is 2.73. The molecule has 2 rings (SSSR count). The molecule has 2 aromatic carbocycles. The molecule has 0 aromatic heterocycles. The Hall–Kier alpha value is -2.54. The Labute approximate surface area is 141 Å². The Balaban J connectivity index is 1.87. The lowest BCUT2D eigenvalue weighted by atomic mass is 10.2. The first kappa shape index (κ1) is 17.8. The number of ether oxygens (including phenoxy) is 1. The Morgan fingerprint density at radius 1 is 1.12 bits per heavy atom. The Kier molecular flexibility index (Phi) is 5.81. The van der Waals surface area contributed by atoms with E-state index in [0.29, 0.717) is 12.2 Å². The molecular formula is C17H20N2O4S. The van der Waals surface area contributed by atoms with Crippen molar-refractivity contribution in [2.75, 3.05) is 25.2 Å². The summed E-state index contributed by atoms with van der Waals surface area (Å²) in [4.78, 5) is 12.1. The van der Waals surface area contributed by atoms with E-state index in [0.717, 1.165) is 17.6 Å². The lowest BCUT2D eigenvalue weighted by molar-refractivity contribution is -0.119. The molecule has 2 aromatic rings. The molecule has 24 heavy (non-hydrogen) atoms. The molecule has 1 amide bonds. The smallest absolute Gasteiger partial charge is 0.239 e. The van der Waals surface area contributed by atoms with E-state index in [-0.39, 0.29) is 17.3 Å². The van der Waals surface area contributed by atoms with Crippen molar-refractivity contribution in [1.82, 2.24) is 5.32 Å². The number of amides is 1. The highest BCUT2D eigenvalue weighted by molar-refractivity contribution is 7.90. The van der Waals surface area contributed by atoms with Crippen LogP contribution in [0.15, 0.2) is 53.4 Å². The summed E-state index contributed by atoms with van der Waals surface area (Å²) in [5.74, 6) is 0.542. The summed E-state index contributed by atoms with van der Waals surface area (Å²) in [6.45, 7) is 0.443. The van der Waals surface area contributed by atoms with Gasteiger partial charge in [0.2, 0.25) is 5.91 Å². The van der Waals surface area contributed by atoms with Crippen LogP contribution in [0, 0.1) is 0 Å². The predicted octanol–water partition coefficient (Wildman–Crippen LogP) is 1.83. The van der Waals surface area contributed by atoms with Crippen LogP contribution >= 0.6 is 0 Å². The van der Waals surface area contributed by atoms with E-state index in [4.69, 9.17) is 4.74 Å². The molecule has 0 aliphatic heterocycles. The van der Waals surface area contributed by atoms with Gasteiger partial charge in [0, 0.05) is 18.5 Å². The summed E-state index contributed by atoms with van der Waals surface area (Å²) in [5, 5.41) is 5.70. The number of benzene rings is 2. The van der Waals surface area contributed by atoms with Gasteiger partial charge in [-0.3, -0.25) is 4.79 Å². The second kappa shape index (κ2) is 7.83. The molecule has 0 radical (unpaired) electrons. The van der Waals surface area contributed by atoms with Gasteiger partial charge in [-0.2, -0.15) is 0 Å². The zero-order valence-electron chi connectivity index (χ0n) is 13.6. The van der Waals surface area contributed by atoms with Crippen molar-refractivity contribution in [3.63, 3.8) is 0 Å². The topological polar surface area (TPSA) is 84.5 Å². The molecular weight excluding hydrogens is 328 g/mol. The van der Waals surface area contributed by atoms with Crippen molar-refractivity contribution in [3.05, 3.63) is 54.1 Å². The third-order valence-corrected chi connectivity index (χ3v) is 4.45. The van der Waals surface area contributed by atoms with Crippen LogP contribution in [0.5, 0.6) is 5.75 Å². The van der Waals surface area contributed by atoms with Crippen molar-refractivity contribution in [2.45, 2.75) is 11.4 Å². The molecule has 2 N–H and O–H groups in total. The maximum absolute atomic E-state index is 11.9. The Morgan fingerprint density at radius 2 is 1.88 bits per heavy atom. The molecule has 0 atom stereocenters. The lowest BCUT2D eigenvalue weighted by Crippen LogP contribution is -2.29. The number of hydrogen-bond acceptors (Lipinski definition) is 5. The molecule has 0 aliphatic carbocycles. The van der Waals surface area contributed by atoms with Gasteiger partial charge in [-0.05, 0) is 35.9 Å². The molecule has 0 bridgehead atoms. The van der Waals surface area contributed by atoms with Crippen LogP contribution in [-0.4, -0.2) is 34.2 Å². The maximum Gasteiger partial charge on any atom is 0.239 e. The fraction of sp³-hybridized carbons (Fsp3) is 0.235. The molecule has 0 aliphatic rings. The third-order valence-electron chi connectivity index (χ3n) is 3.34. The van der Waals surface area contributed by atoms with Crippen molar-refractivity contribution >= 4 is 21.4 Å². The highest BCUT2D eigenvalue weighted by Gasteiger charge is 2.08. The van der Waals surface area contributed by atoms with Gasteiger partial charge in [0.05, 0.1) is 18.6 Å². The van der Waals surface area contributed by atoms with Crippen LogP contribution in [0.2, 0.25) is 0 Å². The number of sulfone groups is 1. The number of nitrogens with one attached hydrogen (secondary N) is 2. The number of carbonyl (C=O) groups excluding carboxylic acids is 1. The van der Waals surface area contributed by atoms with Gasteiger partial charge >= 0.3 is 0 Å². The van der Waals surface area contributed by atoms with Gasteiger partial charge in [0.1, 0.15) is 5.75 Å². The van der Waals surface area contributed by atoms with Crippen LogP contribution in [0.25, 0.3) is 0 Å². The highest BCUT2D eigenvalue weighted by atomic mass is 32.2. The number of rotatable bonds is 7. The third kappa shape index (κ3) is 5.27. The summed E-state index contributed by atoms with van der Waals surface area (Å²) >= 11 is 0. The van der Waals surface area contributed by atoms with E-state index in [1.54, 1.807) is 19.2 Å². The van der Waals surface area contributed by atoms with E-state index in [9.17, 15) is 13.2 Å². The molecule has 0 spiro atoms.